The molecule has 0 aromatic heterocycles. The summed E-state index contributed by atoms with van der Waals surface area (Å²) in [5.74, 6) is 0.119. The first-order valence-corrected chi connectivity index (χ1v) is 11.9. The van der Waals surface area contributed by atoms with Gasteiger partial charge in [-0.15, -0.1) is 0 Å². The van der Waals surface area contributed by atoms with Gasteiger partial charge in [-0.05, 0) is 67.5 Å². The Morgan fingerprint density at radius 3 is 2.17 bits per heavy atom. The second-order valence-electron chi connectivity index (χ2n) is 8.22. The highest BCUT2D eigenvalue weighted by molar-refractivity contribution is 7.92. The van der Waals surface area contributed by atoms with Crippen molar-refractivity contribution in [3.63, 3.8) is 0 Å². The van der Waals surface area contributed by atoms with Crippen LogP contribution < -0.4 is 10.0 Å². The number of sulfonamides is 1. The largest absolute Gasteiger partial charge is 0.353 e. The van der Waals surface area contributed by atoms with Gasteiger partial charge in [0.1, 0.15) is 0 Å². The summed E-state index contributed by atoms with van der Waals surface area (Å²) in [4.78, 5) is 13.1. The highest BCUT2D eigenvalue weighted by Crippen LogP contribution is 2.49. The van der Waals surface area contributed by atoms with E-state index in [1.807, 2.05) is 31.2 Å². The summed E-state index contributed by atoms with van der Waals surface area (Å²) in [5, 5.41) is 3.21. The number of benzene rings is 2. The summed E-state index contributed by atoms with van der Waals surface area (Å²) in [7, 11) is -3.63. The first-order chi connectivity index (χ1) is 13.9. The van der Waals surface area contributed by atoms with Crippen molar-refractivity contribution in [2.45, 2.75) is 68.2 Å². The summed E-state index contributed by atoms with van der Waals surface area (Å²) in [5.41, 5.74) is 2.12. The molecule has 4 rings (SSSR count). The summed E-state index contributed by atoms with van der Waals surface area (Å²) >= 11 is 0. The van der Waals surface area contributed by atoms with Gasteiger partial charge in [-0.1, -0.05) is 44.0 Å². The molecule has 154 valence electrons. The van der Waals surface area contributed by atoms with Crippen molar-refractivity contribution in [2.75, 3.05) is 4.72 Å². The number of hydrogen-bond donors (Lipinski definition) is 2. The van der Waals surface area contributed by atoms with Crippen LogP contribution in [-0.4, -0.2) is 20.4 Å². The van der Waals surface area contributed by atoms with Gasteiger partial charge in [0.15, 0.2) is 0 Å². The van der Waals surface area contributed by atoms with Gasteiger partial charge in [-0.2, -0.15) is 0 Å². The van der Waals surface area contributed by atoms with Crippen LogP contribution in [0.1, 0.15) is 56.6 Å². The topological polar surface area (TPSA) is 75.3 Å². The smallest absolute Gasteiger partial charge is 0.261 e. The quantitative estimate of drug-likeness (QED) is 0.718. The van der Waals surface area contributed by atoms with Crippen LogP contribution in [0.25, 0.3) is 0 Å². The maximum Gasteiger partial charge on any atom is 0.261 e. The van der Waals surface area contributed by atoms with Crippen molar-refractivity contribution in [1.29, 1.82) is 0 Å². The minimum Gasteiger partial charge on any atom is -0.353 e. The molecule has 2 aromatic rings. The van der Waals surface area contributed by atoms with Crippen molar-refractivity contribution in [2.24, 2.45) is 0 Å². The Morgan fingerprint density at radius 1 is 1.00 bits per heavy atom. The molecular weight excluding hydrogens is 384 g/mol. The molecule has 29 heavy (non-hydrogen) atoms. The predicted molar refractivity (Wildman–Crippen MR) is 114 cm³/mol. The summed E-state index contributed by atoms with van der Waals surface area (Å²) in [6.07, 6.45) is 7.08. The van der Waals surface area contributed by atoms with E-state index in [2.05, 4.69) is 10.0 Å². The fraction of sp³-hybridized carbons (Fsp3) is 0.435. The average molecular weight is 413 g/mol. The van der Waals surface area contributed by atoms with Crippen LogP contribution >= 0.6 is 0 Å². The lowest BCUT2D eigenvalue weighted by Gasteiger charge is -2.20. The van der Waals surface area contributed by atoms with Crippen LogP contribution in [0.4, 0.5) is 5.69 Å². The maximum atomic E-state index is 12.8. The van der Waals surface area contributed by atoms with Gasteiger partial charge in [0.25, 0.3) is 10.0 Å². The second kappa shape index (κ2) is 7.82. The fourth-order valence-corrected chi connectivity index (χ4v) is 5.20. The summed E-state index contributed by atoms with van der Waals surface area (Å²) < 4.78 is 27.9. The second-order valence-corrected chi connectivity index (χ2v) is 9.90. The molecule has 0 bridgehead atoms. The Hall–Kier alpha value is -2.34. The molecule has 2 N–H and O–H groups in total. The Balaban J connectivity index is 1.45. The van der Waals surface area contributed by atoms with E-state index in [9.17, 15) is 13.2 Å². The summed E-state index contributed by atoms with van der Waals surface area (Å²) in [6, 6.07) is 14.5. The van der Waals surface area contributed by atoms with Crippen molar-refractivity contribution in [3.8, 4) is 0 Å². The van der Waals surface area contributed by atoms with Gasteiger partial charge >= 0.3 is 0 Å². The summed E-state index contributed by atoms with van der Waals surface area (Å²) in [6.45, 7) is 2.03. The standard InChI is InChI=1S/C23H28N2O3S/c1-2-17-7-13-21(14-8-17)29(27,28)25-20-11-9-18(10-12-20)23(15-16-23)22(26)24-19-5-3-4-6-19/h7-14,19,25H,2-6,15-16H2,1H3,(H,24,26). The molecule has 2 aromatic carbocycles. The molecular formula is C23H28N2O3S. The highest BCUT2D eigenvalue weighted by atomic mass is 32.2. The SMILES string of the molecule is CCc1ccc(S(=O)(=O)Nc2ccc(C3(C(=O)NC4CCCC4)CC3)cc2)cc1. The number of aryl methyl sites for hydroxylation is 1. The van der Waals surface area contributed by atoms with E-state index in [1.165, 1.54) is 12.8 Å². The molecule has 0 unspecified atom stereocenters. The van der Waals surface area contributed by atoms with Crippen LogP contribution in [0, 0.1) is 0 Å². The number of rotatable bonds is 7. The minimum atomic E-state index is -3.63. The van der Waals surface area contributed by atoms with E-state index in [0.29, 0.717) is 11.7 Å². The first kappa shape index (κ1) is 20.0. The zero-order valence-electron chi connectivity index (χ0n) is 16.8. The van der Waals surface area contributed by atoms with Crippen LogP contribution in [-0.2, 0) is 26.7 Å². The molecule has 2 saturated carbocycles. The molecule has 1 amide bonds. The molecule has 0 spiro atoms. The number of carbonyl (C=O) groups excluding carboxylic acids is 1. The van der Waals surface area contributed by atoms with Crippen molar-refractivity contribution in [1.82, 2.24) is 5.32 Å². The van der Waals surface area contributed by atoms with Crippen molar-refractivity contribution in [3.05, 3.63) is 59.7 Å². The van der Waals surface area contributed by atoms with Gasteiger partial charge in [0, 0.05) is 11.7 Å². The van der Waals surface area contributed by atoms with E-state index >= 15 is 0 Å². The predicted octanol–water partition coefficient (Wildman–Crippen LogP) is 4.14. The normalized spacial score (nSPS) is 18.4. The van der Waals surface area contributed by atoms with Gasteiger partial charge in [-0.3, -0.25) is 9.52 Å². The van der Waals surface area contributed by atoms with E-state index in [0.717, 1.165) is 43.2 Å². The monoisotopic (exact) mass is 412 g/mol. The average Bonchev–Trinajstić information content (AvgIpc) is 3.39. The third-order valence-corrected chi connectivity index (χ3v) is 7.60. The van der Waals surface area contributed by atoms with Crippen LogP contribution in [0.3, 0.4) is 0 Å². The van der Waals surface area contributed by atoms with Gasteiger partial charge in [-0.25, -0.2) is 8.42 Å². The van der Waals surface area contributed by atoms with E-state index in [4.69, 9.17) is 0 Å². The number of amides is 1. The fourth-order valence-electron chi connectivity index (χ4n) is 4.14. The third-order valence-electron chi connectivity index (χ3n) is 6.21. The maximum absolute atomic E-state index is 12.8. The molecule has 0 heterocycles. The molecule has 0 atom stereocenters. The van der Waals surface area contributed by atoms with Crippen LogP contribution in [0.5, 0.6) is 0 Å². The van der Waals surface area contributed by atoms with Gasteiger partial charge in [0.05, 0.1) is 10.3 Å². The Labute approximate surface area is 173 Å². The van der Waals surface area contributed by atoms with Crippen molar-refractivity contribution < 1.29 is 13.2 Å². The molecule has 0 aliphatic heterocycles. The van der Waals surface area contributed by atoms with Crippen molar-refractivity contribution >= 4 is 21.6 Å². The lowest BCUT2D eigenvalue weighted by Crippen LogP contribution is -2.40. The third kappa shape index (κ3) is 4.17. The van der Waals surface area contributed by atoms with E-state index < -0.39 is 15.4 Å². The number of hydrogen-bond acceptors (Lipinski definition) is 3. The van der Waals surface area contributed by atoms with E-state index in [-0.39, 0.29) is 10.8 Å². The zero-order valence-corrected chi connectivity index (χ0v) is 17.6. The van der Waals surface area contributed by atoms with E-state index in [1.54, 1.807) is 24.3 Å². The molecule has 0 radical (unpaired) electrons. The van der Waals surface area contributed by atoms with Crippen LogP contribution in [0.15, 0.2) is 53.4 Å². The van der Waals surface area contributed by atoms with Gasteiger partial charge in [0.2, 0.25) is 5.91 Å². The molecule has 6 heteroatoms. The first-order valence-electron chi connectivity index (χ1n) is 10.5. The molecule has 0 saturated heterocycles. The van der Waals surface area contributed by atoms with Crippen LogP contribution in [0.2, 0.25) is 0 Å². The molecule has 5 nitrogen and oxygen atoms in total. The Kier molecular flexibility index (Phi) is 5.38. The lowest BCUT2D eigenvalue weighted by atomic mass is 9.94. The number of anilines is 1. The zero-order chi connectivity index (χ0) is 20.5. The molecule has 2 aliphatic carbocycles. The lowest BCUT2D eigenvalue weighted by molar-refractivity contribution is -0.124. The number of carbonyl (C=O) groups is 1. The highest BCUT2D eigenvalue weighted by Gasteiger charge is 2.51. The molecule has 2 aliphatic rings. The Morgan fingerprint density at radius 2 is 1.62 bits per heavy atom. The minimum absolute atomic E-state index is 0.119. The Bertz CT molecular complexity index is 972. The number of nitrogens with one attached hydrogen (secondary N) is 2. The van der Waals surface area contributed by atoms with Gasteiger partial charge < -0.3 is 5.32 Å². The molecule has 2 fully saturated rings.